The van der Waals surface area contributed by atoms with Crippen molar-refractivity contribution in [1.82, 2.24) is 15.6 Å². The Bertz CT molecular complexity index is 367. The Hall–Kier alpha value is -1.95. The van der Waals surface area contributed by atoms with Gasteiger partial charge >= 0.3 is 11.8 Å². The molecule has 0 radical (unpaired) electrons. The van der Waals surface area contributed by atoms with Crippen molar-refractivity contribution in [3.8, 4) is 0 Å². The fourth-order valence-corrected chi connectivity index (χ4v) is 1.22. The molecule has 0 saturated heterocycles. The lowest BCUT2D eigenvalue weighted by molar-refractivity contribution is -0.139. The summed E-state index contributed by atoms with van der Waals surface area (Å²) in [6, 6.07) is 3.72. The zero-order valence-electron chi connectivity index (χ0n) is 9.48. The predicted octanol–water partition coefficient (Wildman–Crippen LogP) is -1.18. The lowest BCUT2D eigenvalue weighted by Crippen LogP contribution is -2.42. The molecule has 92 valence electrons. The molecule has 0 unspecified atom stereocenters. The molecule has 0 aromatic carbocycles. The Morgan fingerprint density at radius 3 is 2.29 bits per heavy atom. The number of rotatable bonds is 5. The van der Waals surface area contributed by atoms with E-state index in [1.807, 2.05) is 12.1 Å². The van der Waals surface area contributed by atoms with Crippen molar-refractivity contribution in [1.29, 1.82) is 0 Å². The quantitative estimate of drug-likeness (QED) is 0.560. The summed E-state index contributed by atoms with van der Waals surface area (Å²) in [5.74, 6) is -1.28. The number of aromatic nitrogens is 1. The van der Waals surface area contributed by atoms with E-state index in [9.17, 15) is 9.59 Å². The second-order valence-electron chi connectivity index (χ2n) is 3.41. The SMILES string of the molecule is NCCNC(=O)C(=O)NCCc1ccncc1. The Balaban J connectivity index is 2.22. The van der Waals surface area contributed by atoms with Crippen molar-refractivity contribution in [3.63, 3.8) is 0 Å². The topological polar surface area (TPSA) is 97.1 Å². The number of nitrogens with two attached hydrogens (primary N) is 1. The molecule has 0 fully saturated rings. The van der Waals surface area contributed by atoms with Crippen LogP contribution in [-0.4, -0.2) is 36.4 Å². The minimum Gasteiger partial charge on any atom is -0.348 e. The summed E-state index contributed by atoms with van der Waals surface area (Å²) in [6.45, 7) is 1.03. The summed E-state index contributed by atoms with van der Waals surface area (Å²) in [6.07, 6.45) is 4.04. The molecule has 0 saturated carbocycles. The third kappa shape index (κ3) is 5.07. The minimum atomic E-state index is -0.648. The summed E-state index contributed by atoms with van der Waals surface area (Å²) in [5.41, 5.74) is 6.26. The number of carbonyl (C=O) groups is 2. The number of amides is 2. The molecular weight excluding hydrogens is 220 g/mol. The first-order valence-electron chi connectivity index (χ1n) is 5.39. The number of carbonyl (C=O) groups excluding carboxylic acids is 2. The van der Waals surface area contributed by atoms with Gasteiger partial charge in [0.2, 0.25) is 0 Å². The number of hydrogen-bond donors (Lipinski definition) is 3. The van der Waals surface area contributed by atoms with E-state index in [0.717, 1.165) is 5.56 Å². The van der Waals surface area contributed by atoms with E-state index in [4.69, 9.17) is 5.73 Å². The molecule has 6 heteroatoms. The van der Waals surface area contributed by atoms with Crippen LogP contribution in [0.1, 0.15) is 5.56 Å². The van der Waals surface area contributed by atoms with Gasteiger partial charge in [0.15, 0.2) is 0 Å². The first-order chi connectivity index (χ1) is 8.24. The van der Waals surface area contributed by atoms with E-state index in [0.29, 0.717) is 26.1 Å². The molecular formula is C11H16N4O2. The Labute approximate surface area is 99.6 Å². The van der Waals surface area contributed by atoms with Crippen LogP contribution in [0.2, 0.25) is 0 Å². The molecule has 1 aromatic heterocycles. The largest absolute Gasteiger partial charge is 0.348 e. The van der Waals surface area contributed by atoms with Gasteiger partial charge in [0, 0.05) is 32.0 Å². The van der Waals surface area contributed by atoms with Crippen LogP contribution < -0.4 is 16.4 Å². The Morgan fingerprint density at radius 2 is 1.71 bits per heavy atom. The van der Waals surface area contributed by atoms with Gasteiger partial charge in [-0.15, -0.1) is 0 Å². The normalized spacial score (nSPS) is 9.71. The first-order valence-corrected chi connectivity index (χ1v) is 5.39. The van der Waals surface area contributed by atoms with Crippen molar-refractivity contribution < 1.29 is 9.59 Å². The van der Waals surface area contributed by atoms with Crippen LogP contribution in [-0.2, 0) is 16.0 Å². The molecule has 4 N–H and O–H groups in total. The lowest BCUT2D eigenvalue weighted by atomic mass is 10.2. The van der Waals surface area contributed by atoms with Crippen LogP contribution in [0.5, 0.6) is 0 Å². The van der Waals surface area contributed by atoms with Crippen LogP contribution >= 0.6 is 0 Å². The highest BCUT2D eigenvalue weighted by atomic mass is 16.2. The number of nitrogens with zero attached hydrogens (tertiary/aromatic N) is 1. The van der Waals surface area contributed by atoms with Crippen molar-refractivity contribution in [2.24, 2.45) is 5.73 Å². The van der Waals surface area contributed by atoms with Gasteiger partial charge in [0.05, 0.1) is 0 Å². The van der Waals surface area contributed by atoms with E-state index >= 15 is 0 Å². The van der Waals surface area contributed by atoms with Crippen LogP contribution in [0.4, 0.5) is 0 Å². The van der Waals surface area contributed by atoms with Gasteiger partial charge in [-0.05, 0) is 24.1 Å². The monoisotopic (exact) mass is 236 g/mol. The van der Waals surface area contributed by atoms with Crippen molar-refractivity contribution in [2.75, 3.05) is 19.6 Å². The van der Waals surface area contributed by atoms with Gasteiger partial charge in [-0.2, -0.15) is 0 Å². The summed E-state index contributed by atoms with van der Waals surface area (Å²) >= 11 is 0. The van der Waals surface area contributed by atoms with Gasteiger partial charge in [-0.25, -0.2) is 0 Å². The van der Waals surface area contributed by atoms with E-state index < -0.39 is 11.8 Å². The van der Waals surface area contributed by atoms with Crippen LogP contribution in [0.25, 0.3) is 0 Å². The van der Waals surface area contributed by atoms with E-state index in [-0.39, 0.29) is 0 Å². The standard InChI is InChI=1S/C11H16N4O2/c12-4-8-15-11(17)10(16)14-7-3-9-1-5-13-6-2-9/h1-2,5-6H,3-4,7-8,12H2,(H,14,16)(H,15,17). The fourth-order valence-electron chi connectivity index (χ4n) is 1.22. The molecule has 0 aliphatic carbocycles. The number of pyridine rings is 1. The average molecular weight is 236 g/mol. The summed E-state index contributed by atoms with van der Waals surface area (Å²) in [4.78, 5) is 26.3. The molecule has 0 atom stereocenters. The minimum absolute atomic E-state index is 0.302. The smallest absolute Gasteiger partial charge is 0.309 e. The zero-order chi connectivity index (χ0) is 12.5. The number of nitrogens with one attached hydrogen (secondary N) is 2. The van der Waals surface area contributed by atoms with Crippen LogP contribution in [0, 0.1) is 0 Å². The maximum Gasteiger partial charge on any atom is 0.309 e. The van der Waals surface area contributed by atoms with E-state index in [2.05, 4.69) is 15.6 Å². The van der Waals surface area contributed by atoms with Gasteiger partial charge < -0.3 is 16.4 Å². The highest BCUT2D eigenvalue weighted by molar-refractivity contribution is 6.35. The van der Waals surface area contributed by atoms with Gasteiger partial charge in [-0.1, -0.05) is 0 Å². The lowest BCUT2D eigenvalue weighted by Gasteiger charge is -2.05. The maximum atomic E-state index is 11.3. The van der Waals surface area contributed by atoms with Crippen LogP contribution in [0.15, 0.2) is 24.5 Å². The van der Waals surface area contributed by atoms with Crippen molar-refractivity contribution in [3.05, 3.63) is 30.1 Å². The molecule has 0 aliphatic rings. The molecule has 1 rings (SSSR count). The number of hydrogen-bond acceptors (Lipinski definition) is 4. The molecule has 0 spiro atoms. The molecule has 0 bridgehead atoms. The average Bonchev–Trinajstić information content (AvgIpc) is 2.37. The second kappa shape index (κ2) is 7.34. The van der Waals surface area contributed by atoms with Crippen LogP contribution in [0.3, 0.4) is 0 Å². The molecule has 1 aromatic rings. The van der Waals surface area contributed by atoms with E-state index in [1.165, 1.54) is 0 Å². The Morgan fingerprint density at radius 1 is 1.12 bits per heavy atom. The molecule has 1 heterocycles. The van der Waals surface area contributed by atoms with Crippen molar-refractivity contribution >= 4 is 11.8 Å². The second-order valence-corrected chi connectivity index (χ2v) is 3.41. The van der Waals surface area contributed by atoms with E-state index in [1.54, 1.807) is 12.4 Å². The van der Waals surface area contributed by atoms with Gasteiger partial charge in [0.1, 0.15) is 0 Å². The maximum absolute atomic E-state index is 11.3. The molecule has 17 heavy (non-hydrogen) atoms. The summed E-state index contributed by atoms with van der Waals surface area (Å²) in [7, 11) is 0. The highest BCUT2D eigenvalue weighted by Gasteiger charge is 2.10. The molecule has 0 aliphatic heterocycles. The van der Waals surface area contributed by atoms with Gasteiger partial charge in [0.25, 0.3) is 0 Å². The molecule has 2 amide bonds. The third-order valence-corrected chi connectivity index (χ3v) is 2.08. The Kier molecular flexibility index (Phi) is 5.67. The third-order valence-electron chi connectivity index (χ3n) is 2.08. The molecule has 6 nitrogen and oxygen atoms in total. The predicted molar refractivity (Wildman–Crippen MR) is 63.0 cm³/mol. The van der Waals surface area contributed by atoms with Gasteiger partial charge in [-0.3, -0.25) is 14.6 Å². The first kappa shape index (κ1) is 13.1. The zero-order valence-corrected chi connectivity index (χ0v) is 9.48. The fraction of sp³-hybridized carbons (Fsp3) is 0.364. The highest BCUT2D eigenvalue weighted by Crippen LogP contribution is 1.95. The summed E-state index contributed by atoms with van der Waals surface area (Å²) < 4.78 is 0. The van der Waals surface area contributed by atoms with Crippen molar-refractivity contribution in [2.45, 2.75) is 6.42 Å². The summed E-state index contributed by atoms with van der Waals surface area (Å²) in [5, 5.41) is 4.92.